The standard InChI is InChI=1S/C12H15N/c1-3-4-7-10(2)11-8-5-6-9-12(11)13/h3-9H,13H2,1-2H3/b4-3-,10-7+. The molecule has 0 aliphatic rings. The quantitative estimate of drug-likeness (QED) is 0.539. The van der Waals surface area contributed by atoms with Gasteiger partial charge in [-0.1, -0.05) is 36.4 Å². The van der Waals surface area contributed by atoms with Crippen molar-refractivity contribution in [3.8, 4) is 0 Å². The summed E-state index contributed by atoms with van der Waals surface area (Å²) in [5.41, 5.74) is 8.96. The van der Waals surface area contributed by atoms with Crippen LogP contribution in [0.15, 0.2) is 42.5 Å². The Balaban J connectivity index is 3.01. The van der Waals surface area contributed by atoms with E-state index in [-0.39, 0.29) is 0 Å². The zero-order valence-electron chi connectivity index (χ0n) is 8.12. The van der Waals surface area contributed by atoms with Gasteiger partial charge in [0.15, 0.2) is 0 Å². The maximum absolute atomic E-state index is 5.83. The molecule has 0 aliphatic heterocycles. The predicted molar refractivity (Wildman–Crippen MR) is 59.3 cm³/mol. The van der Waals surface area contributed by atoms with Crippen LogP contribution in [0.1, 0.15) is 19.4 Å². The van der Waals surface area contributed by atoms with Crippen molar-refractivity contribution in [1.82, 2.24) is 0 Å². The van der Waals surface area contributed by atoms with E-state index in [4.69, 9.17) is 5.73 Å². The van der Waals surface area contributed by atoms with Gasteiger partial charge < -0.3 is 5.73 Å². The van der Waals surface area contributed by atoms with Gasteiger partial charge in [-0.2, -0.15) is 0 Å². The number of hydrogen-bond donors (Lipinski definition) is 1. The summed E-state index contributed by atoms with van der Waals surface area (Å²) in [5.74, 6) is 0. The number of nitrogens with two attached hydrogens (primary N) is 1. The molecule has 0 fully saturated rings. The highest BCUT2D eigenvalue weighted by Crippen LogP contribution is 2.20. The predicted octanol–water partition coefficient (Wildman–Crippen LogP) is 3.25. The van der Waals surface area contributed by atoms with Crippen LogP contribution >= 0.6 is 0 Å². The normalized spacial score (nSPS) is 12.3. The molecule has 0 aromatic heterocycles. The third kappa shape index (κ3) is 2.48. The van der Waals surface area contributed by atoms with Crippen LogP contribution in [-0.4, -0.2) is 0 Å². The van der Waals surface area contributed by atoms with Crippen LogP contribution < -0.4 is 5.73 Å². The van der Waals surface area contributed by atoms with Crippen LogP contribution in [0.4, 0.5) is 5.69 Å². The lowest BCUT2D eigenvalue weighted by molar-refractivity contribution is 1.56. The highest BCUT2D eigenvalue weighted by atomic mass is 14.6. The number of benzene rings is 1. The third-order valence-corrected chi connectivity index (χ3v) is 1.92. The number of nitrogen functional groups attached to an aromatic ring is 1. The smallest absolute Gasteiger partial charge is 0.0390 e. The van der Waals surface area contributed by atoms with Gasteiger partial charge in [0.2, 0.25) is 0 Å². The van der Waals surface area contributed by atoms with Crippen LogP contribution in [-0.2, 0) is 0 Å². The Kier molecular flexibility index (Phi) is 3.32. The molecule has 1 nitrogen and oxygen atoms in total. The van der Waals surface area contributed by atoms with E-state index in [1.165, 1.54) is 5.57 Å². The van der Waals surface area contributed by atoms with Crippen LogP contribution in [0.3, 0.4) is 0 Å². The first-order chi connectivity index (χ1) is 6.25. The van der Waals surface area contributed by atoms with E-state index in [1.807, 2.05) is 43.3 Å². The minimum absolute atomic E-state index is 0.834. The Labute approximate surface area is 79.6 Å². The fourth-order valence-electron chi connectivity index (χ4n) is 1.19. The Hall–Kier alpha value is -1.50. The van der Waals surface area contributed by atoms with Crippen LogP contribution in [0.25, 0.3) is 5.57 Å². The second kappa shape index (κ2) is 4.51. The van der Waals surface area contributed by atoms with Gasteiger partial charge >= 0.3 is 0 Å². The molecule has 68 valence electrons. The van der Waals surface area contributed by atoms with Crippen molar-refractivity contribution in [3.63, 3.8) is 0 Å². The molecule has 0 heterocycles. The molecule has 0 spiro atoms. The summed E-state index contributed by atoms with van der Waals surface area (Å²) < 4.78 is 0. The maximum atomic E-state index is 5.83. The van der Waals surface area contributed by atoms with Crippen molar-refractivity contribution in [2.75, 3.05) is 5.73 Å². The molecule has 2 N–H and O–H groups in total. The fourth-order valence-corrected chi connectivity index (χ4v) is 1.19. The molecule has 0 amide bonds. The second-order valence-corrected chi connectivity index (χ2v) is 2.96. The molecule has 0 unspecified atom stereocenters. The molecule has 0 bridgehead atoms. The van der Waals surface area contributed by atoms with Gasteiger partial charge in [0.1, 0.15) is 0 Å². The molecule has 0 saturated heterocycles. The number of anilines is 1. The topological polar surface area (TPSA) is 26.0 Å². The minimum Gasteiger partial charge on any atom is -0.398 e. The van der Waals surface area contributed by atoms with Crippen LogP contribution in [0.2, 0.25) is 0 Å². The van der Waals surface area contributed by atoms with Gasteiger partial charge in [-0.25, -0.2) is 0 Å². The first-order valence-corrected chi connectivity index (χ1v) is 4.40. The van der Waals surface area contributed by atoms with Gasteiger partial charge in [0.25, 0.3) is 0 Å². The average Bonchev–Trinajstić information content (AvgIpc) is 2.15. The maximum Gasteiger partial charge on any atom is 0.0390 e. The van der Waals surface area contributed by atoms with Crippen LogP contribution in [0, 0.1) is 0 Å². The number of para-hydroxylation sites is 1. The first-order valence-electron chi connectivity index (χ1n) is 4.40. The van der Waals surface area contributed by atoms with Gasteiger partial charge in [-0.05, 0) is 25.5 Å². The zero-order valence-corrected chi connectivity index (χ0v) is 8.12. The lowest BCUT2D eigenvalue weighted by atomic mass is 10.1. The third-order valence-electron chi connectivity index (χ3n) is 1.92. The van der Waals surface area contributed by atoms with E-state index < -0.39 is 0 Å². The summed E-state index contributed by atoms with van der Waals surface area (Å²) in [4.78, 5) is 0. The molecule has 1 aromatic rings. The number of rotatable bonds is 2. The van der Waals surface area contributed by atoms with E-state index >= 15 is 0 Å². The summed E-state index contributed by atoms with van der Waals surface area (Å²) in [6.45, 7) is 4.06. The van der Waals surface area contributed by atoms with Crippen molar-refractivity contribution in [1.29, 1.82) is 0 Å². The summed E-state index contributed by atoms with van der Waals surface area (Å²) in [7, 11) is 0. The van der Waals surface area contributed by atoms with E-state index in [0.29, 0.717) is 0 Å². The Morgan fingerprint density at radius 3 is 2.62 bits per heavy atom. The first kappa shape index (κ1) is 9.59. The lowest BCUT2D eigenvalue weighted by Crippen LogP contribution is -1.90. The van der Waals surface area contributed by atoms with Crippen molar-refractivity contribution < 1.29 is 0 Å². The minimum atomic E-state index is 0.834. The van der Waals surface area contributed by atoms with Crippen molar-refractivity contribution >= 4 is 11.3 Å². The van der Waals surface area contributed by atoms with Gasteiger partial charge in [-0.15, -0.1) is 0 Å². The lowest BCUT2D eigenvalue weighted by Gasteiger charge is -2.03. The van der Waals surface area contributed by atoms with Crippen molar-refractivity contribution in [2.24, 2.45) is 0 Å². The van der Waals surface area contributed by atoms with Gasteiger partial charge in [0, 0.05) is 11.3 Å². The average molecular weight is 173 g/mol. The molecule has 1 aromatic carbocycles. The summed E-state index contributed by atoms with van der Waals surface area (Å²) in [5, 5.41) is 0. The van der Waals surface area contributed by atoms with Crippen molar-refractivity contribution in [3.05, 3.63) is 48.1 Å². The second-order valence-electron chi connectivity index (χ2n) is 2.96. The molecule has 0 radical (unpaired) electrons. The molecule has 0 aliphatic carbocycles. The van der Waals surface area contributed by atoms with E-state index in [9.17, 15) is 0 Å². The van der Waals surface area contributed by atoms with Gasteiger partial charge in [0.05, 0.1) is 0 Å². The van der Waals surface area contributed by atoms with Crippen molar-refractivity contribution in [2.45, 2.75) is 13.8 Å². The highest BCUT2D eigenvalue weighted by Gasteiger charge is 1.97. The molecular weight excluding hydrogens is 158 g/mol. The Bertz CT molecular complexity index is 335. The SMILES string of the molecule is C/C=C\C=C(/C)c1ccccc1N. The fraction of sp³-hybridized carbons (Fsp3) is 0.167. The van der Waals surface area contributed by atoms with E-state index in [1.54, 1.807) is 0 Å². The van der Waals surface area contributed by atoms with E-state index in [0.717, 1.165) is 11.3 Å². The summed E-state index contributed by atoms with van der Waals surface area (Å²) in [6.07, 6.45) is 6.08. The monoisotopic (exact) mass is 173 g/mol. The highest BCUT2D eigenvalue weighted by molar-refractivity contribution is 5.74. The number of allylic oxidation sites excluding steroid dienone is 4. The Morgan fingerprint density at radius 2 is 2.00 bits per heavy atom. The van der Waals surface area contributed by atoms with E-state index in [2.05, 4.69) is 13.0 Å². The summed E-state index contributed by atoms with van der Waals surface area (Å²) in [6, 6.07) is 7.90. The number of hydrogen-bond acceptors (Lipinski definition) is 1. The van der Waals surface area contributed by atoms with Gasteiger partial charge in [-0.3, -0.25) is 0 Å². The van der Waals surface area contributed by atoms with Crippen LogP contribution in [0.5, 0.6) is 0 Å². The molecular formula is C12H15N. The molecule has 0 atom stereocenters. The molecule has 1 rings (SSSR count). The molecule has 13 heavy (non-hydrogen) atoms. The zero-order chi connectivity index (χ0) is 9.68. The molecule has 0 saturated carbocycles. The molecule has 1 heteroatoms. The summed E-state index contributed by atoms with van der Waals surface area (Å²) >= 11 is 0. The Morgan fingerprint density at radius 1 is 1.31 bits per heavy atom. The largest absolute Gasteiger partial charge is 0.398 e.